The number of hydrogen-bond acceptors (Lipinski definition) is 6. The summed E-state index contributed by atoms with van der Waals surface area (Å²) in [5.41, 5.74) is 0. The molecule has 0 amide bonds. The molecule has 104 valence electrons. The Balaban J connectivity index is 1.99. The van der Waals surface area contributed by atoms with Crippen molar-refractivity contribution in [3.8, 4) is 0 Å². The third-order valence-corrected chi connectivity index (χ3v) is 3.27. The Bertz CT molecular complexity index is 329. The predicted octanol–water partition coefficient (Wildman–Crippen LogP) is -1.30. The summed E-state index contributed by atoms with van der Waals surface area (Å²) in [5, 5.41) is 30.9. The Kier molecular flexibility index (Phi) is 3.98. The van der Waals surface area contributed by atoms with Crippen molar-refractivity contribution >= 4 is 6.02 Å². The number of fused-ring (bicyclic) bond motifs is 1. The zero-order valence-corrected chi connectivity index (χ0v) is 9.54. The maximum Gasteiger partial charge on any atom is 0.285 e. The van der Waals surface area contributed by atoms with Crippen molar-refractivity contribution in [1.29, 1.82) is 0 Å². The first kappa shape index (κ1) is 13.4. The zero-order chi connectivity index (χ0) is 13.3. The summed E-state index contributed by atoms with van der Waals surface area (Å²) in [6.07, 6.45) is -4.95. The van der Waals surface area contributed by atoms with Crippen LogP contribution >= 0.6 is 0 Å². The van der Waals surface area contributed by atoms with Gasteiger partial charge in [-0.2, -0.15) is 0 Å². The fourth-order valence-electron chi connectivity index (χ4n) is 2.30. The van der Waals surface area contributed by atoms with Gasteiger partial charge in [-0.1, -0.05) is 0 Å². The van der Waals surface area contributed by atoms with Crippen LogP contribution in [0.4, 0.5) is 8.78 Å². The molecule has 2 aliphatic rings. The summed E-state index contributed by atoms with van der Waals surface area (Å²) >= 11 is 0. The van der Waals surface area contributed by atoms with Crippen molar-refractivity contribution in [1.82, 2.24) is 5.32 Å². The largest absolute Gasteiger partial charge is 0.460 e. The van der Waals surface area contributed by atoms with E-state index in [0.717, 1.165) is 0 Å². The van der Waals surface area contributed by atoms with Crippen molar-refractivity contribution in [2.75, 3.05) is 13.2 Å². The molecule has 6 nitrogen and oxygen atoms in total. The molecular formula is C10H16F2N2O4. The summed E-state index contributed by atoms with van der Waals surface area (Å²) in [7, 11) is 0. The number of nitrogens with one attached hydrogen (secondary N) is 1. The summed E-state index contributed by atoms with van der Waals surface area (Å²) in [5.74, 6) is -0.495. The maximum absolute atomic E-state index is 12.0. The quantitative estimate of drug-likeness (QED) is 0.509. The highest BCUT2D eigenvalue weighted by atomic mass is 19.3. The fraction of sp³-hybridized carbons (Fsp3) is 0.900. The van der Waals surface area contributed by atoms with Gasteiger partial charge in [0.25, 0.3) is 12.4 Å². The molecule has 1 aliphatic carbocycles. The van der Waals surface area contributed by atoms with E-state index in [1.807, 2.05) is 0 Å². The standard InChI is InChI=1S/C10H16F2N2O4/c11-6(12)2-13-10-14-7-5(18-10)1-4(3-15)8(16)9(7)17/h4-9,15-17H,1-3H2,(H,13,14)/t4-,5-,7-,8-,9-/m1/s1. The van der Waals surface area contributed by atoms with Crippen LogP contribution < -0.4 is 5.32 Å². The van der Waals surface area contributed by atoms with Crippen molar-refractivity contribution in [3.05, 3.63) is 0 Å². The van der Waals surface area contributed by atoms with E-state index in [4.69, 9.17) is 9.84 Å². The smallest absolute Gasteiger partial charge is 0.285 e. The normalized spacial score (nSPS) is 39.2. The summed E-state index contributed by atoms with van der Waals surface area (Å²) in [4.78, 5) is 3.94. The van der Waals surface area contributed by atoms with Crippen LogP contribution in [0, 0.1) is 5.92 Å². The summed E-state index contributed by atoms with van der Waals surface area (Å²) < 4.78 is 29.3. The Morgan fingerprint density at radius 2 is 2.11 bits per heavy atom. The van der Waals surface area contributed by atoms with Crippen LogP contribution in [0.5, 0.6) is 0 Å². The zero-order valence-electron chi connectivity index (χ0n) is 9.54. The average molecular weight is 266 g/mol. The number of aliphatic hydroxyl groups is 3. The topological polar surface area (TPSA) is 94.3 Å². The van der Waals surface area contributed by atoms with E-state index in [2.05, 4.69) is 10.3 Å². The van der Waals surface area contributed by atoms with Crippen molar-refractivity contribution in [2.24, 2.45) is 10.9 Å². The summed E-state index contributed by atoms with van der Waals surface area (Å²) in [6.45, 7) is -0.856. The number of hydrogen-bond donors (Lipinski definition) is 4. The first-order chi connectivity index (χ1) is 8.52. The van der Waals surface area contributed by atoms with Gasteiger partial charge in [-0.3, -0.25) is 0 Å². The molecule has 18 heavy (non-hydrogen) atoms. The van der Waals surface area contributed by atoms with E-state index in [0.29, 0.717) is 6.42 Å². The third kappa shape index (κ3) is 2.55. The lowest BCUT2D eigenvalue weighted by Crippen LogP contribution is -2.52. The van der Waals surface area contributed by atoms with Gasteiger partial charge in [-0.15, -0.1) is 0 Å². The number of aliphatic hydroxyl groups excluding tert-OH is 3. The van der Waals surface area contributed by atoms with E-state index in [1.165, 1.54) is 0 Å². The van der Waals surface area contributed by atoms with Crippen LogP contribution in [0.15, 0.2) is 4.99 Å². The number of ether oxygens (including phenoxy) is 1. The van der Waals surface area contributed by atoms with Gasteiger partial charge in [0.1, 0.15) is 18.2 Å². The SMILES string of the molecule is OC[C@H]1C[C@H]2OC(NCC(F)F)=N[C@H]2[C@@H](O)[C@@H]1O. The molecule has 8 heteroatoms. The van der Waals surface area contributed by atoms with Crippen LogP contribution in [0.2, 0.25) is 0 Å². The minimum atomic E-state index is -2.53. The molecule has 0 unspecified atom stereocenters. The van der Waals surface area contributed by atoms with Gasteiger partial charge in [-0.05, 0) is 6.42 Å². The number of halogens is 2. The highest BCUT2D eigenvalue weighted by Gasteiger charge is 2.47. The molecule has 5 atom stereocenters. The Morgan fingerprint density at radius 3 is 2.72 bits per heavy atom. The molecule has 0 aromatic carbocycles. The number of alkyl halides is 2. The molecular weight excluding hydrogens is 250 g/mol. The number of nitrogens with zero attached hydrogens (tertiary/aromatic N) is 1. The lowest BCUT2D eigenvalue weighted by molar-refractivity contribution is -0.0949. The molecule has 2 rings (SSSR count). The Labute approximate surface area is 102 Å². The lowest BCUT2D eigenvalue weighted by atomic mass is 9.80. The second-order valence-corrected chi connectivity index (χ2v) is 4.51. The number of amidine groups is 1. The Morgan fingerprint density at radius 1 is 1.39 bits per heavy atom. The number of aliphatic imine (C=N–C) groups is 1. The second kappa shape index (κ2) is 5.33. The second-order valence-electron chi connectivity index (χ2n) is 4.51. The molecule has 0 aromatic rings. The monoisotopic (exact) mass is 266 g/mol. The molecule has 4 N–H and O–H groups in total. The highest BCUT2D eigenvalue weighted by molar-refractivity contribution is 5.75. The highest BCUT2D eigenvalue weighted by Crippen LogP contribution is 2.32. The van der Waals surface area contributed by atoms with E-state index >= 15 is 0 Å². The summed E-state index contributed by atoms with van der Waals surface area (Å²) in [6, 6.07) is -0.724. The maximum atomic E-state index is 12.0. The first-order valence-corrected chi connectivity index (χ1v) is 5.76. The Hall–Kier alpha value is -0.990. The van der Waals surface area contributed by atoms with E-state index in [-0.39, 0.29) is 12.6 Å². The van der Waals surface area contributed by atoms with E-state index in [9.17, 15) is 19.0 Å². The van der Waals surface area contributed by atoms with E-state index < -0.39 is 43.2 Å². The van der Waals surface area contributed by atoms with E-state index in [1.54, 1.807) is 0 Å². The van der Waals surface area contributed by atoms with Crippen LogP contribution in [0.3, 0.4) is 0 Å². The van der Waals surface area contributed by atoms with Gasteiger partial charge in [0.15, 0.2) is 0 Å². The van der Waals surface area contributed by atoms with Crippen LogP contribution in [-0.2, 0) is 4.74 Å². The fourth-order valence-corrected chi connectivity index (χ4v) is 2.30. The average Bonchev–Trinajstić information content (AvgIpc) is 2.74. The van der Waals surface area contributed by atoms with Gasteiger partial charge in [0.2, 0.25) is 0 Å². The molecule has 0 bridgehead atoms. The van der Waals surface area contributed by atoms with Gasteiger partial charge < -0.3 is 25.4 Å². The minimum absolute atomic E-state index is 0.0462. The molecule has 0 spiro atoms. The molecule has 1 fully saturated rings. The molecule has 0 aromatic heterocycles. The third-order valence-electron chi connectivity index (χ3n) is 3.27. The molecule has 0 radical (unpaired) electrons. The van der Waals surface area contributed by atoms with Crippen molar-refractivity contribution < 1.29 is 28.8 Å². The van der Waals surface area contributed by atoms with Crippen molar-refractivity contribution in [3.63, 3.8) is 0 Å². The van der Waals surface area contributed by atoms with Crippen LogP contribution in [-0.4, -0.2) is 65.3 Å². The molecule has 1 aliphatic heterocycles. The van der Waals surface area contributed by atoms with Gasteiger partial charge >= 0.3 is 0 Å². The van der Waals surface area contributed by atoms with Gasteiger partial charge in [0.05, 0.1) is 12.6 Å². The molecule has 0 saturated heterocycles. The van der Waals surface area contributed by atoms with Crippen molar-refractivity contribution in [2.45, 2.75) is 37.2 Å². The number of rotatable bonds is 3. The van der Waals surface area contributed by atoms with Crippen LogP contribution in [0.25, 0.3) is 0 Å². The van der Waals surface area contributed by atoms with Crippen LogP contribution in [0.1, 0.15) is 6.42 Å². The predicted molar refractivity (Wildman–Crippen MR) is 57.3 cm³/mol. The minimum Gasteiger partial charge on any atom is -0.460 e. The van der Waals surface area contributed by atoms with Gasteiger partial charge in [-0.25, -0.2) is 13.8 Å². The molecule has 1 heterocycles. The first-order valence-electron chi connectivity index (χ1n) is 5.76. The van der Waals surface area contributed by atoms with Gasteiger partial charge in [0, 0.05) is 12.5 Å². The molecule has 1 saturated carbocycles. The lowest BCUT2D eigenvalue weighted by Gasteiger charge is -2.36.